The van der Waals surface area contributed by atoms with Crippen molar-refractivity contribution in [1.82, 2.24) is 0 Å². The molecule has 4 N–H and O–H groups in total. The number of para-hydroxylation sites is 1. The number of hydrogen-bond acceptors (Lipinski definition) is 7. The van der Waals surface area contributed by atoms with Gasteiger partial charge in [0, 0.05) is 12.1 Å². The quantitative estimate of drug-likeness (QED) is 0.725. The highest BCUT2D eigenvalue weighted by Crippen LogP contribution is 2.33. The van der Waals surface area contributed by atoms with Crippen LogP contribution in [-0.2, 0) is 20.8 Å². The lowest BCUT2D eigenvalue weighted by Gasteiger charge is -2.48. The molecule has 2 saturated heterocycles. The van der Waals surface area contributed by atoms with E-state index in [9.17, 15) is 10.2 Å². The Kier molecular flexibility index (Phi) is 4.59. The zero-order valence-electron chi connectivity index (χ0n) is 13.2. The zero-order chi connectivity index (χ0) is 16.6. The van der Waals surface area contributed by atoms with Crippen LogP contribution in [0.4, 0.5) is 0 Å². The van der Waals surface area contributed by atoms with Crippen LogP contribution in [0, 0.1) is 0 Å². The van der Waals surface area contributed by atoms with Crippen LogP contribution in [0.15, 0.2) is 24.3 Å². The highest BCUT2D eigenvalue weighted by atomic mass is 16.8. The first-order valence-electron chi connectivity index (χ1n) is 7.69. The number of nitrogens with two attached hydrogens (primary N) is 1. The highest BCUT2D eigenvalue weighted by molar-refractivity contribution is 5.33. The van der Waals surface area contributed by atoms with Crippen molar-refractivity contribution in [3.8, 4) is 5.75 Å². The summed E-state index contributed by atoms with van der Waals surface area (Å²) in [6.07, 6.45) is -4.58. The van der Waals surface area contributed by atoms with E-state index in [0.29, 0.717) is 12.3 Å². The molecule has 23 heavy (non-hydrogen) atoms. The zero-order valence-corrected chi connectivity index (χ0v) is 13.2. The lowest BCUT2D eigenvalue weighted by Crippen LogP contribution is -2.65. The van der Waals surface area contributed by atoms with Crippen LogP contribution < -0.4 is 10.5 Å². The number of ether oxygens (including phenoxy) is 4. The Morgan fingerprint density at radius 2 is 2.00 bits per heavy atom. The minimum atomic E-state index is -1.24. The molecule has 2 aliphatic rings. The summed E-state index contributed by atoms with van der Waals surface area (Å²) < 4.78 is 22.7. The van der Waals surface area contributed by atoms with Crippen molar-refractivity contribution >= 4 is 0 Å². The van der Waals surface area contributed by atoms with Gasteiger partial charge in [-0.3, -0.25) is 0 Å². The largest absolute Gasteiger partial charge is 0.462 e. The third kappa shape index (κ3) is 3.35. The van der Waals surface area contributed by atoms with Crippen molar-refractivity contribution in [2.24, 2.45) is 5.73 Å². The maximum atomic E-state index is 10.4. The summed E-state index contributed by atoms with van der Waals surface area (Å²) in [4.78, 5) is 0. The molecule has 0 amide bonds. The third-order valence-electron chi connectivity index (χ3n) is 4.09. The smallest absolute Gasteiger partial charge is 0.229 e. The predicted octanol–water partition coefficient (Wildman–Crippen LogP) is 0.122. The number of aliphatic hydroxyl groups is 2. The predicted molar refractivity (Wildman–Crippen MR) is 80.5 cm³/mol. The second kappa shape index (κ2) is 6.35. The van der Waals surface area contributed by atoms with E-state index in [-0.39, 0.29) is 6.61 Å². The summed E-state index contributed by atoms with van der Waals surface area (Å²) in [6, 6.07) is 7.23. The molecule has 1 aromatic carbocycles. The Morgan fingerprint density at radius 3 is 2.74 bits per heavy atom. The van der Waals surface area contributed by atoms with Gasteiger partial charge in [-0.05, 0) is 19.9 Å². The molecule has 2 heterocycles. The maximum Gasteiger partial charge on any atom is 0.229 e. The Hall–Kier alpha value is -1.22. The number of hydrogen-bond donors (Lipinski definition) is 3. The van der Waals surface area contributed by atoms with Crippen LogP contribution in [0.25, 0.3) is 0 Å². The Bertz CT molecular complexity index is 549. The number of aliphatic hydroxyl groups excluding tert-OH is 2. The SMILES string of the molecule is CC1(C)OC[C@H]2O[C@@H](Oc3ccccc3CN)[C@H](O)[C@@H](O)[C@@H]2O1. The van der Waals surface area contributed by atoms with Crippen LogP contribution in [0.3, 0.4) is 0 Å². The lowest BCUT2D eigenvalue weighted by molar-refractivity contribution is -0.373. The first-order chi connectivity index (χ1) is 10.9. The van der Waals surface area contributed by atoms with Crippen molar-refractivity contribution in [3.05, 3.63) is 29.8 Å². The van der Waals surface area contributed by atoms with Gasteiger partial charge in [0.2, 0.25) is 6.29 Å². The molecule has 0 spiro atoms. The molecule has 0 aliphatic carbocycles. The summed E-state index contributed by atoms with van der Waals surface area (Å²) in [5, 5.41) is 20.7. The molecule has 128 valence electrons. The second-order valence-corrected chi connectivity index (χ2v) is 6.25. The van der Waals surface area contributed by atoms with E-state index in [0.717, 1.165) is 5.56 Å². The van der Waals surface area contributed by atoms with E-state index < -0.39 is 36.5 Å². The van der Waals surface area contributed by atoms with Crippen LogP contribution in [-0.4, -0.2) is 53.3 Å². The van der Waals surface area contributed by atoms with E-state index in [2.05, 4.69) is 0 Å². The van der Waals surface area contributed by atoms with Gasteiger partial charge in [-0.1, -0.05) is 18.2 Å². The van der Waals surface area contributed by atoms with E-state index in [1.807, 2.05) is 12.1 Å². The summed E-state index contributed by atoms with van der Waals surface area (Å²) in [5.74, 6) is -0.312. The van der Waals surface area contributed by atoms with Gasteiger partial charge in [-0.2, -0.15) is 0 Å². The molecular weight excluding hydrogens is 302 g/mol. The summed E-state index contributed by atoms with van der Waals surface area (Å²) in [6.45, 7) is 4.05. The molecule has 0 unspecified atom stereocenters. The van der Waals surface area contributed by atoms with Crippen molar-refractivity contribution in [3.63, 3.8) is 0 Å². The van der Waals surface area contributed by atoms with Crippen molar-refractivity contribution < 1.29 is 29.2 Å². The van der Waals surface area contributed by atoms with Crippen LogP contribution >= 0.6 is 0 Å². The number of rotatable bonds is 3. The minimum Gasteiger partial charge on any atom is -0.462 e. The maximum absolute atomic E-state index is 10.4. The Balaban J connectivity index is 1.75. The molecule has 2 fully saturated rings. The summed E-state index contributed by atoms with van der Waals surface area (Å²) in [5.41, 5.74) is 6.47. The highest BCUT2D eigenvalue weighted by Gasteiger charge is 2.51. The molecule has 7 nitrogen and oxygen atoms in total. The molecule has 2 aliphatic heterocycles. The van der Waals surface area contributed by atoms with E-state index in [4.69, 9.17) is 24.7 Å². The fourth-order valence-corrected chi connectivity index (χ4v) is 2.84. The van der Waals surface area contributed by atoms with E-state index in [1.54, 1.807) is 26.0 Å². The van der Waals surface area contributed by atoms with Gasteiger partial charge in [-0.25, -0.2) is 0 Å². The summed E-state index contributed by atoms with van der Waals surface area (Å²) >= 11 is 0. The molecule has 0 saturated carbocycles. The topological polar surface area (TPSA) is 103 Å². The van der Waals surface area contributed by atoms with Crippen LogP contribution in [0.2, 0.25) is 0 Å². The molecule has 0 aromatic heterocycles. The fourth-order valence-electron chi connectivity index (χ4n) is 2.84. The first-order valence-corrected chi connectivity index (χ1v) is 7.69. The number of benzene rings is 1. The molecule has 0 bridgehead atoms. The van der Waals surface area contributed by atoms with Gasteiger partial charge in [0.15, 0.2) is 5.79 Å². The fraction of sp³-hybridized carbons (Fsp3) is 0.625. The van der Waals surface area contributed by atoms with Gasteiger partial charge < -0.3 is 34.9 Å². The van der Waals surface area contributed by atoms with Crippen molar-refractivity contribution in [1.29, 1.82) is 0 Å². The second-order valence-electron chi connectivity index (χ2n) is 6.25. The van der Waals surface area contributed by atoms with Gasteiger partial charge >= 0.3 is 0 Å². The van der Waals surface area contributed by atoms with Crippen LogP contribution in [0.1, 0.15) is 19.4 Å². The lowest BCUT2D eigenvalue weighted by atomic mass is 9.97. The normalized spacial score (nSPS) is 36.3. The van der Waals surface area contributed by atoms with Gasteiger partial charge in [-0.15, -0.1) is 0 Å². The molecule has 3 rings (SSSR count). The average molecular weight is 325 g/mol. The van der Waals surface area contributed by atoms with Gasteiger partial charge in [0.1, 0.15) is 30.2 Å². The van der Waals surface area contributed by atoms with E-state index in [1.165, 1.54) is 0 Å². The average Bonchev–Trinajstić information content (AvgIpc) is 2.53. The third-order valence-corrected chi connectivity index (χ3v) is 4.09. The molecule has 0 radical (unpaired) electrons. The summed E-state index contributed by atoms with van der Waals surface area (Å²) in [7, 11) is 0. The Labute approximate surface area is 134 Å². The van der Waals surface area contributed by atoms with Crippen LogP contribution in [0.5, 0.6) is 5.75 Å². The molecule has 7 heteroatoms. The standard InChI is InChI=1S/C16H23NO6/c1-16(2)20-8-11-14(23-16)12(18)13(19)15(22-11)21-10-6-4-3-5-9(10)7-17/h3-6,11-15,18-19H,7-8,17H2,1-2H3/t11-,12-,13-,14-,15-/m1/s1. The Morgan fingerprint density at radius 1 is 1.26 bits per heavy atom. The minimum absolute atomic E-state index is 0.250. The van der Waals surface area contributed by atoms with E-state index >= 15 is 0 Å². The first kappa shape index (κ1) is 16.6. The molecule has 1 aromatic rings. The van der Waals surface area contributed by atoms with Gasteiger partial charge in [0.25, 0.3) is 0 Å². The number of fused-ring (bicyclic) bond motifs is 1. The monoisotopic (exact) mass is 325 g/mol. The van der Waals surface area contributed by atoms with Gasteiger partial charge in [0.05, 0.1) is 6.61 Å². The molecule has 5 atom stereocenters. The van der Waals surface area contributed by atoms with Crippen molar-refractivity contribution in [2.45, 2.75) is 56.9 Å². The van der Waals surface area contributed by atoms with Crippen molar-refractivity contribution in [2.75, 3.05) is 6.61 Å². The molecular formula is C16H23NO6.